The first-order valence-corrected chi connectivity index (χ1v) is 6.13. The molecule has 0 radical (unpaired) electrons. The molecule has 1 rings (SSSR count). The minimum Gasteiger partial charge on any atom is -0.390 e. The van der Waals surface area contributed by atoms with Gasteiger partial charge in [0.1, 0.15) is 12.2 Å². The van der Waals surface area contributed by atoms with Crippen molar-refractivity contribution in [2.45, 2.75) is 25.6 Å². The zero-order chi connectivity index (χ0) is 14.4. The van der Waals surface area contributed by atoms with Crippen LogP contribution in [0.1, 0.15) is 30.6 Å². The minimum atomic E-state index is -1.11. The molecule has 2 atom stereocenters. The van der Waals surface area contributed by atoms with Crippen LogP contribution in [0.25, 0.3) is 0 Å². The van der Waals surface area contributed by atoms with Gasteiger partial charge in [0.2, 0.25) is 5.91 Å². The van der Waals surface area contributed by atoms with E-state index in [4.69, 9.17) is 16.9 Å². The summed E-state index contributed by atoms with van der Waals surface area (Å²) >= 11 is 5.85. The Morgan fingerprint density at radius 1 is 1.53 bits per heavy atom. The van der Waals surface area contributed by atoms with Gasteiger partial charge in [-0.05, 0) is 24.1 Å². The van der Waals surface area contributed by atoms with Crippen LogP contribution in [0.5, 0.6) is 0 Å². The molecule has 0 aliphatic carbocycles. The fourth-order valence-corrected chi connectivity index (χ4v) is 1.81. The lowest BCUT2D eigenvalue weighted by Gasteiger charge is -2.18. The first-order chi connectivity index (χ1) is 8.95. The average Bonchev–Trinajstić information content (AvgIpc) is 2.37. The predicted molar refractivity (Wildman–Crippen MR) is 70.4 cm³/mol. The Hall–Kier alpha value is -1.61. The normalized spacial score (nSPS) is 13.4. The van der Waals surface area contributed by atoms with Gasteiger partial charge in [-0.15, -0.1) is 0 Å². The Morgan fingerprint density at radius 3 is 2.74 bits per heavy atom. The van der Waals surface area contributed by atoms with E-state index >= 15 is 0 Å². The molecular formula is C13H15ClN2O3. The van der Waals surface area contributed by atoms with Gasteiger partial charge in [-0.2, -0.15) is 5.26 Å². The Morgan fingerprint density at radius 2 is 2.21 bits per heavy atom. The van der Waals surface area contributed by atoms with E-state index in [2.05, 4.69) is 5.32 Å². The molecule has 1 amide bonds. The highest BCUT2D eigenvalue weighted by Gasteiger charge is 2.19. The molecule has 0 aliphatic rings. The van der Waals surface area contributed by atoms with Gasteiger partial charge in [-0.1, -0.05) is 17.7 Å². The zero-order valence-corrected chi connectivity index (χ0v) is 11.2. The van der Waals surface area contributed by atoms with Gasteiger partial charge < -0.3 is 15.5 Å². The standard InChI is InChI=1S/C13H15ClN2O3/c1-8(17)16-5-4-12(18)13(19)9-2-3-10(7-15)11(14)6-9/h2-3,6,12-13,18-19H,4-5H2,1H3,(H,16,17). The summed E-state index contributed by atoms with van der Waals surface area (Å²) in [7, 11) is 0. The second-order valence-corrected chi connectivity index (χ2v) is 4.54. The van der Waals surface area contributed by atoms with Crippen LogP contribution < -0.4 is 5.32 Å². The zero-order valence-electron chi connectivity index (χ0n) is 10.4. The van der Waals surface area contributed by atoms with Gasteiger partial charge in [0.25, 0.3) is 0 Å². The number of nitrogens with zero attached hydrogens (tertiary/aromatic N) is 1. The molecule has 1 aromatic rings. The summed E-state index contributed by atoms with van der Waals surface area (Å²) in [6, 6.07) is 6.39. The Balaban J connectivity index is 2.66. The highest BCUT2D eigenvalue weighted by molar-refractivity contribution is 6.31. The summed E-state index contributed by atoms with van der Waals surface area (Å²) in [6.45, 7) is 1.65. The molecule has 19 heavy (non-hydrogen) atoms. The summed E-state index contributed by atoms with van der Waals surface area (Å²) in [6.07, 6.45) is -1.91. The number of hydrogen-bond acceptors (Lipinski definition) is 4. The van der Waals surface area contributed by atoms with Crippen molar-refractivity contribution in [2.24, 2.45) is 0 Å². The molecule has 0 aliphatic heterocycles. The summed E-state index contributed by atoms with van der Waals surface area (Å²) in [5, 5.41) is 31.2. The van der Waals surface area contributed by atoms with Crippen LogP contribution in [-0.4, -0.2) is 28.8 Å². The summed E-state index contributed by atoms with van der Waals surface area (Å²) in [5.74, 6) is -0.192. The first kappa shape index (κ1) is 15.4. The van der Waals surface area contributed by atoms with Crippen LogP contribution in [-0.2, 0) is 4.79 Å². The Kier molecular flexibility index (Phi) is 5.77. The molecule has 6 heteroatoms. The largest absolute Gasteiger partial charge is 0.390 e. The lowest BCUT2D eigenvalue weighted by atomic mass is 10.0. The minimum absolute atomic E-state index is 0.192. The van der Waals surface area contributed by atoms with Gasteiger partial charge >= 0.3 is 0 Å². The van der Waals surface area contributed by atoms with E-state index in [1.165, 1.54) is 25.1 Å². The highest BCUT2D eigenvalue weighted by Crippen LogP contribution is 2.24. The molecular weight excluding hydrogens is 268 g/mol. The maximum atomic E-state index is 10.7. The van der Waals surface area contributed by atoms with E-state index in [-0.39, 0.29) is 23.9 Å². The Labute approximate surface area is 116 Å². The number of amides is 1. The maximum absolute atomic E-state index is 10.7. The van der Waals surface area contributed by atoms with Crippen molar-refractivity contribution in [3.8, 4) is 6.07 Å². The molecule has 0 aromatic heterocycles. The number of aliphatic hydroxyl groups excluding tert-OH is 2. The number of carbonyl (C=O) groups is 1. The number of rotatable bonds is 5. The number of nitriles is 1. The summed E-state index contributed by atoms with van der Waals surface area (Å²) in [5.41, 5.74) is 0.740. The molecule has 2 unspecified atom stereocenters. The fourth-order valence-electron chi connectivity index (χ4n) is 1.58. The Bertz CT molecular complexity index is 499. The van der Waals surface area contributed by atoms with Crippen LogP contribution in [0, 0.1) is 11.3 Å². The fraction of sp³-hybridized carbons (Fsp3) is 0.385. The molecule has 1 aromatic carbocycles. The summed E-state index contributed by atoms with van der Waals surface area (Å²) < 4.78 is 0. The lowest BCUT2D eigenvalue weighted by Crippen LogP contribution is -2.27. The van der Waals surface area contributed by atoms with Crippen molar-refractivity contribution in [3.63, 3.8) is 0 Å². The van der Waals surface area contributed by atoms with Crippen LogP contribution in [0.4, 0.5) is 0 Å². The van der Waals surface area contributed by atoms with Crippen molar-refractivity contribution in [2.75, 3.05) is 6.54 Å². The molecule has 0 fully saturated rings. The average molecular weight is 283 g/mol. The van der Waals surface area contributed by atoms with Gasteiger partial charge in [0.15, 0.2) is 0 Å². The lowest BCUT2D eigenvalue weighted by molar-refractivity contribution is -0.119. The molecule has 0 saturated heterocycles. The van der Waals surface area contributed by atoms with Crippen molar-refractivity contribution in [1.82, 2.24) is 5.32 Å². The van der Waals surface area contributed by atoms with E-state index in [0.29, 0.717) is 11.1 Å². The number of halogens is 1. The topological polar surface area (TPSA) is 93.3 Å². The SMILES string of the molecule is CC(=O)NCCC(O)C(O)c1ccc(C#N)c(Cl)c1. The maximum Gasteiger partial charge on any atom is 0.216 e. The van der Waals surface area contributed by atoms with Crippen LogP contribution in [0.2, 0.25) is 5.02 Å². The molecule has 102 valence electrons. The van der Waals surface area contributed by atoms with Crippen molar-refractivity contribution < 1.29 is 15.0 Å². The number of aliphatic hydroxyl groups is 2. The second-order valence-electron chi connectivity index (χ2n) is 4.13. The first-order valence-electron chi connectivity index (χ1n) is 5.75. The van der Waals surface area contributed by atoms with Crippen molar-refractivity contribution >= 4 is 17.5 Å². The third kappa shape index (κ3) is 4.52. The van der Waals surface area contributed by atoms with Gasteiger partial charge in [-0.3, -0.25) is 4.79 Å². The van der Waals surface area contributed by atoms with Crippen LogP contribution in [0.15, 0.2) is 18.2 Å². The highest BCUT2D eigenvalue weighted by atomic mass is 35.5. The second kappa shape index (κ2) is 7.10. The van der Waals surface area contributed by atoms with Crippen LogP contribution in [0.3, 0.4) is 0 Å². The van der Waals surface area contributed by atoms with E-state index in [1.807, 2.05) is 6.07 Å². The van der Waals surface area contributed by atoms with E-state index in [1.54, 1.807) is 0 Å². The quantitative estimate of drug-likeness (QED) is 0.755. The van der Waals surface area contributed by atoms with E-state index in [9.17, 15) is 15.0 Å². The van der Waals surface area contributed by atoms with Crippen LogP contribution >= 0.6 is 11.6 Å². The molecule has 5 nitrogen and oxygen atoms in total. The smallest absolute Gasteiger partial charge is 0.216 e. The third-order valence-electron chi connectivity index (χ3n) is 2.63. The molecule has 0 spiro atoms. The van der Waals surface area contributed by atoms with Gasteiger partial charge in [-0.25, -0.2) is 0 Å². The number of nitrogens with one attached hydrogen (secondary N) is 1. The third-order valence-corrected chi connectivity index (χ3v) is 2.95. The predicted octanol–water partition coefficient (Wildman–Crippen LogP) is 1.13. The molecule has 0 saturated carbocycles. The van der Waals surface area contributed by atoms with Crippen molar-refractivity contribution in [1.29, 1.82) is 5.26 Å². The summed E-state index contributed by atoms with van der Waals surface area (Å²) in [4.78, 5) is 10.7. The van der Waals surface area contributed by atoms with Gasteiger partial charge in [0, 0.05) is 13.5 Å². The monoisotopic (exact) mass is 282 g/mol. The molecule has 3 N–H and O–H groups in total. The molecule has 0 bridgehead atoms. The number of hydrogen-bond donors (Lipinski definition) is 3. The van der Waals surface area contributed by atoms with E-state index < -0.39 is 12.2 Å². The number of carbonyl (C=O) groups excluding carboxylic acids is 1. The molecule has 0 heterocycles. The van der Waals surface area contributed by atoms with Crippen molar-refractivity contribution in [3.05, 3.63) is 34.3 Å². The van der Waals surface area contributed by atoms with Gasteiger partial charge in [0.05, 0.1) is 16.7 Å². The number of benzene rings is 1. The van der Waals surface area contributed by atoms with E-state index in [0.717, 1.165) is 0 Å².